The lowest BCUT2D eigenvalue weighted by molar-refractivity contribution is 0.0379. The van der Waals surface area contributed by atoms with Crippen LogP contribution in [0.4, 0.5) is 0 Å². The summed E-state index contributed by atoms with van der Waals surface area (Å²) in [7, 11) is 0. The monoisotopic (exact) mass is 163 g/mol. The molecule has 0 aliphatic carbocycles. The quantitative estimate of drug-likeness (QED) is 0.676. The minimum atomic E-state index is -0.159. The van der Waals surface area contributed by atoms with E-state index in [-0.39, 0.29) is 5.60 Å². The summed E-state index contributed by atoms with van der Waals surface area (Å²) in [6.45, 7) is 4.10. The molecule has 12 heavy (non-hydrogen) atoms. The van der Waals surface area contributed by atoms with Crippen molar-refractivity contribution < 1.29 is 4.74 Å². The average Bonchev–Trinajstić information content (AvgIpc) is 2.59. The molecule has 2 heteroatoms. The first-order chi connectivity index (χ1) is 5.71. The van der Waals surface area contributed by atoms with E-state index in [1.54, 1.807) is 0 Å². The van der Waals surface area contributed by atoms with Crippen molar-refractivity contribution in [3.63, 3.8) is 0 Å². The maximum Gasteiger partial charge on any atom is 0.149 e. The van der Waals surface area contributed by atoms with Gasteiger partial charge in [-0.25, -0.2) is 0 Å². The molecule has 1 unspecified atom stereocenters. The van der Waals surface area contributed by atoms with Crippen LogP contribution in [0.25, 0.3) is 0 Å². The van der Waals surface area contributed by atoms with Crippen LogP contribution < -0.4 is 0 Å². The minimum absolute atomic E-state index is 0.159. The van der Waals surface area contributed by atoms with E-state index in [1.165, 1.54) is 0 Å². The Balaban J connectivity index is 2.26. The standard InChI is InChI=1S/C10H13NO/c1-8-5-6-10(2,12-8)9-4-3-7-11-9/h3-5,7,11H,6H2,1-2H3. The van der Waals surface area contributed by atoms with E-state index in [9.17, 15) is 0 Å². The maximum absolute atomic E-state index is 5.72. The Hall–Kier alpha value is -1.18. The van der Waals surface area contributed by atoms with Gasteiger partial charge in [-0.3, -0.25) is 0 Å². The summed E-state index contributed by atoms with van der Waals surface area (Å²) in [4.78, 5) is 3.18. The van der Waals surface area contributed by atoms with Gasteiger partial charge in [-0.1, -0.05) is 0 Å². The highest BCUT2D eigenvalue weighted by Crippen LogP contribution is 2.35. The van der Waals surface area contributed by atoms with Crippen molar-refractivity contribution >= 4 is 0 Å². The SMILES string of the molecule is CC1=CCC(C)(c2ccc[nH]2)O1. The molecule has 0 fully saturated rings. The van der Waals surface area contributed by atoms with E-state index in [2.05, 4.69) is 24.1 Å². The van der Waals surface area contributed by atoms with Crippen molar-refractivity contribution in [3.05, 3.63) is 35.9 Å². The molecule has 0 aromatic carbocycles. The number of hydrogen-bond donors (Lipinski definition) is 1. The topological polar surface area (TPSA) is 25.0 Å². The van der Waals surface area contributed by atoms with Gasteiger partial charge in [0.05, 0.1) is 11.5 Å². The van der Waals surface area contributed by atoms with Crippen LogP contribution in [0, 0.1) is 0 Å². The summed E-state index contributed by atoms with van der Waals surface area (Å²) in [6, 6.07) is 4.06. The summed E-state index contributed by atoms with van der Waals surface area (Å²) < 4.78 is 5.72. The van der Waals surface area contributed by atoms with Crippen molar-refractivity contribution in [2.24, 2.45) is 0 Å². The van der Waals surface area contributed by atoms with E-state index in [1.807, 2.05) is 19.2 Å². The molecule has 0 saturated heterocycles. The van der Waals surface area contributed by atoms with Gasteiger partial charge in [0.2, 0.25) is 0 Å². The van der Waals surface area contributed by atoms with Crippen LogP contribution in [0.3, 0.4) is 0 Å². The Kier molecular flexibility index (Phi) is 1.50. The second kappa shape index (κ2) is 2.41. The molecule has 1 atom stereocenters. The van der Waals surface area contributed by atoms with E-state index < -0.39 is 0 Å². The molecule has 0 spiro atoms. The lowest BCUT2D eigenvalue weighted by Crippen LogP contribution is -2.20. The molecule has 2 rings (SSSR count). The van der Waals surface area contributed by atoms with E-state index >= 15 is 0 Å². The number of hydrogen-bond acceptors (Lipinski definition) is 1. The number of nitrogens with one attached hydrogen (secondary N) is 1. The predicted molar refractivity (Wildman–Crippen MR) is 47.6 cm³/mol. The van der Waals surface area contributed by atoms with Crippen molar-refractivity contribution in [2.75, 3.05) is 0 Å². The van der Waals surface area contributed by atoms with Crippen LogP contribution in [0.5, 0.6) is 0 Å². The Morgan fingerprint density at radius 3 is 2.92 bits per heavy atom. The van der Waals surface area contributed by atoms with Crippen LogP contribution in [-0.2, 0) is 10.3 Å². The van der Waals surface area contributed by atoms with E-state index in [4.69, 9.17) is 4.74 Å². The number of ether oxygens (including phenoxy) is 1. The molecule has 0 saturated carbocycles. The summed E-state index contributed by atoms with van der Waals surface area (Å²) in [5.41, 5.74) is 0.990. The van der Waals surface area contributed by atoms with Gasteiger partial charge in [-0.05, 0) is 32.1 Å². The molecule has 2 heterocycles. The fourth-order valence-corrected chi connectivity index (χ4v) is 1.60. The van der Waals surface area contributed by atoms with Gasteiger partial charge in [0, 0.05) is 12.6 Å². The first kappa shape index (κ1) is 7.47. The van der Waals surface area contributed by atoms with Crippen LogP contribution in [0.1, 0.15) is 26.0 Å². The number of allylic oxidation sites excluding steroid dienone is 1. The van der Waals surface area contributed by atoms with Gasteiger partial charge >= 0.3 is 0 Å². The predicted octanol–water partition coefficient (Wildman–Crippen LogP) is 2.55. The fraction of sp³-hybridized carbons (Fsp3) is 0.400. The van der Waals surface area contributed by atoms with Crippen LogP contribution in [0.15, 0.2) is 30.2 Å². The van der Waals surface area contributed by atoms with Crippen LogP contribution in [-0.4, -0.2) is 4.98 Å². The Labute approximate surface area is 72.2 Å². The highest BCUT2D eigenvalue weighted by atomic mass is 16.5. The Morgan fingerprint density at radius 1 is 1.58 bits per heavy atom. The van der Waals surface area contributed by atoms with Crippen molar-refractivity contribution in [1.29, 1.82) is 0 Å². The third kappa shape index (κ3) is 1.04. The molecule has 64 valence electrons. The van der Waals surface area contributed by atoms with Gasteiger partial charge in [0.1, 0.15) is 5.60 Å². The Morgan fingerprint density at radius 2 is 2.42 bits per heavy atom. The third-order valence-electron chi connectivity index (χ3n) is 2.33. The smallest absolute Gasteiger partial charge is 0.149 e. The van der Waals surface area contributed by atoms with Gasteiger partial charge < -0.3 is 9.72 Å². The molecule has 0 bridgehead atoms. The van der Waals surface area contributed by atoms with Gasteiger partial charge in [-0.2, -0.15) is 0 Å². The molecule has 1 aliphatic rings. The molecule has 1 aromatic heterocycles. The molecule has 0 amide bonds. The second-order valence-corrected chi connectivity index (χ2v) is 3.44. The highest BCUT2D eigenvalue weighted by Gasteiger charge is 2.32. The van der Waals surface area contributed by atoms with Crippen molar-refractivity contribution in [3.8, 4) is 0 Å². The van der Waals surface area contributed by atoms with Gasteiger partial charge in [0.25, 0.3) is 0 Å². The first-order valence-corrected chi connectivity index (χ1v) is 4.20. The lowest BCUT2D eigenvalue weighted by atomic mass is 10.00. The van der Waals surface area contributed by atoms with Crippen molar-refractivity contribution in [2.45, 2.75) is 25.9 Å². The van der Waals surface area contributed by atoms with Gasteiger partial charge in [0.15, 0.2) is 0 Å². The number of aromatic amines is 1. The number of rotatable bonds is 1. The maximum atomic E-state index is 5.72. The summed E-state index contributed by atoms with van der Waals surface area (Å²) in [5, 5.41) is 0. The highest BCUT2D eigenvalue weighted by molar-refractivity contribution is 5.19. The zero-order chi connectivity index (χ0) is 8.60. The molecule has 1 aliphatic heterocycles. The summed E-state index contributed by atoms with van der Waals surface area (Å²) >= 11 is 0. The van der Waals surface area contributed by atoms with Crippen LogP contribution >= 0.6 is 0 Å². The molecule has 1 aromatic rings. The molecule has 1 N–H and O–H groups in total. The lowest BCUT2D eigenvalue weighted by Gasteiger charge is -2.23. The van der Waals surface area contributed by atoms with Crippen LogP contribution in [0.2, 0.25) is 0 Å². The largest absolute Gasteiger partial charge is 0.486 e. The normalized spacial score (nSPS) is 28.3. The summed E-state index contributed by atoms with van der Waals surface area (Å²) in [5.74, 6) is 1.02. The minimum Gasteiger partial charge on any atom is -0.486 e. The zero-order valence-electron chi connectivity index (χ0n) is 7.42. The molecular weight excluding hydrogens is 150 g/mol. The zero-order valence-corrected chi connectivity index (χ0v) is 7.42. The van der Waals surface area contributed by atoms with Gasteiger partial charge in [-0.15, -0.1) is 0 Å². The second-order valence-electron chi connectivity index (χ2n) is 3.44. The number of aromatic nitrogens is 1. The summed E-state index contributed by atoms with van der Waals surface area (Å²) in [6.07, 6.45) is 5.01. The molecule has 2 nitrogen and oxygen atoms in total. The number of H-pyrrole nitrogens is 1. The fourth-order valence-electron chi connectivity index (χ4n) is 1.60. The first-order valence-electron chi connectivity index (χ1n) is 4.20. The van der Waals surface area contributed by atoms with Crippen molar-refractivity contribution in [1.82, 2.24) is 4.98 Å². The average molecular weight is 163 g/mol. The molecule has 0 radical (unpaired) electrons. The van der Waals surface area contributed by atoms with E-state index in [0.29, 0.717) is 0 Å². The molecular formula is C10H13NO. The van der Waals surface area contributed by atoms with E-state index in [0.717, 1.165) is 17.9 Å². The third-order valence-corrected chi connectivity index (χ3v) is 2.33. The Bertz CT molecular complexity index is 300.